The van der Waals surface area contributed by atoms with E-state index in [1.807, 2.05) is 6.92 Å². The van der Waals surface area contributed by atoms with E-state index in [1.165, 1.54) is 0 Å². The van der Waals surface area contributed by atoms with Crippen LogP contribution in [0.25, 0.3) is 0 Å². The monoisotopic (exact) mass is 333 g/mol. The van der Waals surface area contributed by atoms with E-state index >= 15 is 0 Å². The summed E-state index contributed by atoms with van der Waals surface area (Å²) in [5.41, 5.74) is 5.67. The van der Waals surface area contributed by atoms with Crippen LogP contribution in [0.15, 0.2) is 0 Å². The molecule has 1 aliphatic carbocycles. The molecule has 0 radical (unpaired) electrons. The summed E-state index contributed by atoms with van der Waals surface area (Å²) in [4.78, 5) is 24.0. The maximum Gasteiger partial charge on any atom is 0.223 e. The summed E-state index contributed by atoms with van der Waals surface area (Å²) in [5.74, 6) is 0.229. The number of hydrogen-bond donors (Lipinski definition) is 3. The van der Waals surface area contributed by atoms with E-state index in [-0.39, 0.29) is 42.2 Å². The Labute approximate surface area is 140 Å². The molecule has 0 heterocycles. The van der Waals surface area contributed by atoms with Gasteiger partial charge in [-0.25, -0.2) is 0 Å². The average Bonchev–Trinajstić information content (AvgIpc) is 2.97. The van der Waals surface area contributed by atoms with E-state index in [0.717, 1.165) is 44.9 Å². The van der Waals surface area contributed by atoms with Gasteiger partial charge in [0.15, 0.2) is 0 Å². The fourth-order valence-electron chi connectivity index (χ4n) is 2.86. The molecule has 0 aromatic carbocycles. The molecule has 1 aliphatic rings. The van der Waals surface area contributed by atoms with E-state index < -0.39 is 0 Å². The SMILES string of the molecule is CCCCC(CN)NC(=O)CC(C)NC(=O)C1CCCC1.Cl. The zero-order chi connectivity index (χ0) is 15.7. The zero-order valence-corrected chi connectivity index (χ0v) is 14.7. The van der Waals surface area contributed by atoms with Gasteiger partial charge in [0.2, 0.25) is 11.8 Å². The number of carbonyl (C=O) groups excluding carboxylic acids is 2. The summed E-state index contributed by atoms with van der Waals surface area (Å²) in [6, 6.07) is -0.0714. The van der Waals surface area contributed by atoms with Gasteiger partial charge in [0.25, 0.3) is 0 Å². The highest BCUT2D eigenvalue weighted by atomic mass is 35.5. The second-order valence-electron chi connectivity index (χ2n) is 6.24. The lowest BCUT2D eigenvalue weighted by Crippen LogP contribution is -2.44. The lowest BCUT2D eigenvalue weighted by atomic mass is 10.1. The molecule has 6 heteroatoms. The van der Waals surface area contributed by atoms with Crippen molar-refractivity contribution in [2.45, 2.75) is 77.3 Å². The highest BCUT2D eigenvalue weighted by molar-refractivity contribution is 5.85. The second kappa shape index (κ2) is 11.7. The molecule has 4 N–H and O–H groups in total. The Hall–Kier alpha value is -0.810. The molecule has 1 fully saturated rings. The van der Waals surface area contributed by atoms with E-state index in [0.29, 0.717) is 13.0 Å². The molecule has 22 heavy (non-hydrogen) atoms. The van der Waals surface area contributed by atoms with Crippen LogP contribution in [0.3, 0.4) is 0 Å². The molecule has 1 rings (SSSR count). The highest BCUT2D eigenvalue weighted by Gasteiger charge is 2.24. The first-order valence-corrected chi connectivity index (χ1v) is 8.36. The fourth-order valence-corrected chi connectivity index (χ4v) is 2.86. The van der Waals surface area contributed by atoms with Crippen molar-refractivity contribution in [2.24, 2.45) is 11.7 Å². The van der Waals surface area contributed by atoms with Crippen molar-refractivity contribution in [3.05, 3.63) is 0 Å². The number of nitrogens with two attached hydrogens (primary N) is 1. The van der Waals surface area contributed by atoms with Crippen molar-refractivity contribution in [3.8, 4) is 0 Å². The maximum atomic E-state index is 12.0. The Bertz CT molecular complexity index is 333. The first-order chi connectivity index (χ1) is 10.1. The third kappa shape index (κ3) is 7.99. The van der Waals surface area contributed by atoms with Crippen LogP contribution in [-0.2, 0) is 9.59 Å². The Kier molecular flexibility index (Phi) is 11.3. The van der Waals surface area contributed by atoms with Crippen molar-refractivity contribution < 1.29 is 9.59 Å². The van der Waals surface area contributed by atoms with Gasteiger partial charge in [-0.05, 0) is 26.2 Å². The summed E-state index contributed by atoms with van der Waals surface area (Å²) in [6.07, 6.45) is 7.65. The average molecular weight is 334 g/mol. The van der Waals surface area contributed by atoms with Crippen LogP contribution in [0.5, 0.6) is 0 Å². The van der Waals surface area contributed by atoms with Gasteiger partial charge in [0.1, 0.15) is 0 Å². The number of hydrogen-bond acceptors (Lipinski definition) is 3. The van der Waals surface area contributed by atoms with Crippen molar-refractivity contribution >= 4 is 24.2 Å². The molecule has 2 unspecified atom stereocenters. The van der Waals surface area contributed by atoms with Crippen LogP contribution < -0.4 is 16.4 Å². The molecular formula is C16H32ClN3O2. The van der Waals surface area contributed by atoms with Crippen LogP contribution in [-0.4, -0.2) is 30.4 Å². The van der Waals surface area contributed by atoms with Gasteiger partial charge in [-0.15, -0.1) is 12.4 Å². The molecule has 0 saturated heterocycles. The molecule has 0 aliphatic heterocycles. The van der Waals surface area contributed by atoms with E-state index in [1.54, 1.807) is 0 Å². The largest absolute Gasteiger partial charge is 0.353 e. The summed E-state index contributed by atoms with van der Waals surface area (Å²) in [5, 5.41) is 5.92. The van der Waals surface area contributed by atoms with Gasteiger partial charge in [-0.3, -0.25) is 9.59 Å². The Balaban J connectivity index is 0.00000441. The summed E-state index contributed by atoms with van der Waals surface area (Å²) in [6.45, 7) is 4.47. The van der Waals surface area contributed by atoms with Crippen molar-refractivity contribution in [3.63, 3.8) is 0 Å². The summed E-state index contributed by atoms with van der Waals surface area (Å²) >= 11 is 0. The third-order valence-corrected chi connectivity index (χ3v) is 4.16. The smallest absolute Gasteiger partial charge is 0.223 e. The van der Waals surface area contributed by atoms with Crippen molar-refractivity contribution in [1.82, 2.24) is 10.6 Å². The second-order valence-corrected chi connectivity index (χ2v) is 6.24. The molecule has 0 aromatic heterocycles. The summed E-state index contributed by atoms with van der Waals surface area (Å²) < 4.78 is 0. The Morgan fingerprint density at radius 3 is 2.41 bits per heavy atom. The number of carbonyl (C=O) groups is 2. The lowest BCUT2D eigenvalue weighted by Gasteiger charge is -2.20. The molecule has 2 amide bonds. The van der Waals surface area contributed by atoms with Gasteiger partial charge in [-0.2, -0.15) is 0 Å². The van der Waals surface area contributed by atoms with E-state index in [2.05, 4.69) is 17.6 Å². The molecule has 0 aromatic rings. The molecule has 1 saturated carbocycles. The van der Waals surface area contributed by atoms with E-state index in [9.17, 15) is 9.59 Å². The number of halogens is 1. The van der Waals surface area contributed by atoms with Gasteiger partial charge in [0.05, 0.1) is 0 Å². The molecule has 0 spiro atoms. The quantitative estimate of drug-likeness (QED) is 0.604. The highest BCUT2D eigenvalue weighted by Crippen LogP contribution is 2.24. The Morgan fingerprint density at radius 2 is 1.86 bits per heavy atom. The fraction of sp³-hybridized carbons (Fsp3) is 0.875. The van der Waals surface area contributed by atoms with Crippen LogP contribution in [0, 0.1) is 5.92 Å². The first kappa shape index (κ1) is 21.2. The molecule has 2 atom stereocenters. The van der Waals surface area contributed by atoms with Gasteiger partial charge >= 0.3 is 0 Å². The maximum absolute atomic E-state index is 12.0. The molecule has 130 valence electrons. The number of nitrogens with one attached hydrogen (secondary N) is 2. The Morgan fingerprint density at radius 1 is 1.23 bits per heavy atom. The van der Waals surface area contributed by atoms with Crippen LogP contribution >= 0.6 is 12.4 Å². The first-order valence-electron chi connectivity index (χ1n) is 8.36. The number of amides is 2. The minimum atomic E-state index is -0.123. The van der Waals surface area contributed by atoms with Crippen LogP contribution in [0.1, 0.15) is 65.2 Å². The number of rotatable bonds is 9. The minimum Gasteiger partial charge on any atom is -0.353 e. The predicted molar refractivity (Wildman–Crippen MR) is 91.9 cm³/mol. The van der Waals surface area contributed by atoms with Gasteiger partial charge in [0, 0.05) is 31.0 Å². The molecule has 0 bridgehead atoms. The number of unbranched alkanes of at least 4 members (excludes halogenated alkanes) is 1. The van der Waals surface area contributed by atoms with Crippen molar-refractivity contribution in [1.29, 1.82) is 0 Å². The topological polar surface area (TPSA) is 84.2 Å². The van der Waals surface area contributed by atoms with Gasteiger partial charge in [-0.1, -0.05) is 32.6 Å². The standard InChI is InChI=1S/C16H31N3O2.ClH/c1-3-4-9-14(11-17)19-15(20)10-12(2)18-16(21)13-7-5-6-8-13;/h12-14H,3-11,17H2,1-2H3,(H,18,21)(H,19,20);1H. The van der Waals surface area contributed by atoms with Crippen LogP contribution in [0.4, 0.5) is 0 Å². The van der Waals surface area contributed by atoms with Crippen LogP contribution in [0.2, 0.25) is 0 Å². The summed E-state index contributed by atoms with van der Waals surface area (Å²) in [7, 11) is 0. The molecular weight excluding hydrogens is 302 g/mol. The molecule has 5 nitrogen and oxygen atoms in total. The normalized spacial score (nSPS) is 17.4. The predicted octanol–water partition coefficient (Wildman–Crippen LogP) is 2.13. The minimum absolute atomic E-state index is 0. The van der Waals surface area contributed by atoms with Crippen molar-refractivity contribution in [2.75, 3.05) is 6.54 Å². The zero-order valence-electron chi connectivity index (χ0n) is 13.9. The third-order valence-electron chi connectivity index (χ3n) is 4.16. The van der Waals surface area contributed by atoms with Gasteiger partial charge < -0.3 is 16.4 Å². The lowest BCUT2D eigenvalue weighted by molar-refractivity contribution is -0.126. The van der Waals surface area contributed by atoms with E-state index in [4.69, 9.17) is 5.73 Å².